The number of ether oxygens (including phenoxy) is 1. The number of carbonyl (C=O) groups is 2. The number of rotatable bonds is 8. The van der Waals surface area contributed by atoms with Crippen LogP contribution in [-0.2, 0) is 22.4 Å². The molecule has 4 rings (SSSR count). The van der Waals surface area contributed by atoms with Crippen LogP contribution >= 0.6 is 0 Å². The van der Waals surface area contributed by atoms with Crippen LogP contribution in [0.3, 0.4) is 0 Å². The van der Waals surface area contributed by atoms with Crippen molar-refractivity contribution in [1.29, 1.82) is 0 Å². The smallest absolute Gasteiger partial charge is 0.254 e. The fraction of sp³-hybridized carbons (Fsp3) is 0.346. The van der Waals surface area contributed by atoms with Crippen LogP contribution in [0.5, 0.6) is 5.88 Å². The van der Waals surface area contributed by atoms with E-state index in [4.69, 9.17) is 9.26 Å². The zero-order valence-electron chi connectivity index (χ0n) is 19.0. The normalized spacial score (nSPS) is 16.0. The Bertz CT molecular complexity index is 1090. The molecule has 1 unspecified atom stereocenters. The van der Waals surface area contributed by atoms with Crippen molar-refractivity contribution in [2.45, 2.75) is 45.3 Å². The topological polar surface area (TPSA) is 84.7 Å². The highest BCUT2D eigenvalue weighted by molar-refractivity contribution is 5.89. The van der Waals surface area contributed by atoms with Crippen LogP contribution in [0.25, 0.3) is 11.1 Å². The molecule has 1 N–H and O–H groups in total. The Labute approximate surface area is 193 Å². The monoisotopic (exact) mass is 447 g/mol. The lowest BCUT2D eigenvalue weighted by Gasteiger charge is -2.35. The van der Waals surface area contributed by atoms with Gasteiger partial charge in [0.15, 0.2) is 0 Å². The van der Waals surface area contributed by atoms with Gasteiger partial charge in [-0.15, -0.1) is 0 Å². The molecule has 1 aliphatic rings. The molecule has 33 heavy (non-hydrogen) atoms. The van der Waals surface area contributed by atoms with Gasteiger partial charge in [0.25, 0.3) is 5.88 Å². The number of aromatic nitrogens is 1. The molecule has 2 aromatic carbocycles. The van der Waals surface area contributed by atoms with Gasteiger partial charge in [-0.2, -0.15) is 0 Å². The summed E-state index contributed by atoms with van der Waals surface area (Å²) in [6.07, 6.45) is 1.11. The zero-order chi connectivity index (χ0) is 23.2. The van der Waals surface area contributed by atoms with Gasteiger partial charge >= 0.3 is 0 Å². The van der Waals surface area contributed by atoms with Crippen LogP contribution in [0.15, 0.2) is 65.2 Å². The van der Waals surface area contributed by atoms with E-state index in [1.807, 2.05) is 44.2 Å². The number of hydrogen-bond acceptors (Lipinski definition) is 5. The summed E-state index contributed by atoms with van der Waals surface area (Å²) in [6.45, 7) is 4.77. The molecule has 0 aliphatic carbocycles. The maximum atomic E-state index is 13.0. The first kappa shape index (κ1) is 22.6. The van der Waals surface area contributed by atoms with E-state index in [9.17, 15) is 9.59 Å². The predicted octanol–water partition coefficient (Wildman–Crippen LogP) is 3.63. The summed E-state index contributed by atoms with van der Waals surface area (Å²) in [6, 6.07) is 19.4. The molecule has 0 saturated carbocycles. The first-order chi connectivity index (χ1) is 16.0. The molecular formula is C26H29N3O4. The summed E-state index contributed by atoms with van der Waals surface area (Å²) in [4.78, 5) is 27.4. The minimum Gasteiger partial charge on any atom is -0.473 e. The molecule has 0 spiro atoms. The number of amides is 2. The fourth-order valence-electron chi connectivity index (χ4n) is 4.03. The van der Waals surface area contributed by atoms with Gasteiger partial charge in [-0.05, 0) is 35.7 Å². The third-order valence-electron chi connectivity index (χ3n) is 5.59. The number of aryl methyl sites for hydroxylation is 1. The first-order valence-electron chi connectivity index (χ1n) is 11.3. The molecule has 1 fully saturated rings. The van der Waals surface area contributed by atoms with E-state index < -0.39 is 6.04 Å². The minimum absolute atomic E-state index is 0.00223. The summed E-state index contributed by atoms with van der Waals surface area (Å²) in [5.74, 6) is 0.817. The molecule has 1 aromatic heterocycles. The standard InChI is InChI=1S/C26H29N3O4/c1-18(2)32-24-17-22(33-28-24)11-12-25(30)29-14-13-27-26(31)23(29)16-19-7-6-10-21(15-19)20-8-4-3-5-9-20/h3-10,15,17-18,23H,11-14,16H2,1-2H3,(H,27,31). The highest BCUT2D eigenvalue weighted by Crippen LogP contribution is 2.22. The lowest BCUT2D eigenvalue weighted by molar-refractivity contribution is -0.143. The summed E-state index contributed by atoms with van der Waals surface area (Å²) < 4.78 is 10.8. The third-order valence-corrected chi connectivity index (χ3v) is 5.59. The van der Waals surface area contributed by atoms with E-state index >= 15 is 0 Å². The minimum atomic E-state index is -0.535. The second kappa shape index (κ2) is 10.3. The van der Waals surface area contributed by atoms with Crippen LogP contribution in [0.1, 0.15) is 31.6 Å². The van der Waals surface area contributed by atoms with E-state index in [0.717, 1.165) is 16.7 Å². The molecule has 0 bridgehead atoms. The lowest BCUT2D eigenvalue weighted by Crippen LogP contribution is -2.58. The Morgan fingerprint density at radius 2 is 1.94 bits per heavy atom. The average molecular weight is 448 g/mol. The van der Waals surface area contributed by atoms with Crippen LogP contribution < -0.4 is 10.1 Å². The predicted molar refractivity (Wildman–Crippen MR) is 125 cm³/mol. The molecule has 0 radical (unpaired) electrons. The third kappa shape index (κ3) is 5.80. The Kier molecular flexibility index (Phi) is 7.07. The van der Waals surface area contributed by atoms with Crippen LogP contribution in [-0.4, -0.2) is 47.1 Å². The zero-order valence-corrected chi connectivity index (χ0v) is 19.0. The maximum Gasteiger partial charge on any atom is 0.254 e. The summed E-state index contributed by atoms with van der Waals surface area (Å²) in [7, 11) is 0. The number of nitrogens with zero attached hydrogens (tertiary/aromatic N) is 2. The lowest BCUT2D eigenvalue weighted by atomic mass is 9.97. The van der Waals surface area contributed by atoms with E-state index in [0.29, 0.717) is 37.6 Å². The van der Waals surface area contributed by atoms with Crippen LogP contribution in [0, 0.1) is 0 Å². The number of benzene rings is 2. The van der Waals surface area contributed by atoms with E-state index in [1.165, 1.54) is 0 Å². The molecular weight excluding hydrogens is 418 g/mol. The van der Waals surface area contributed by atoms with E-state index in [1.54, 1.807) is 11.0 Å². The maximum absolute atomic E-state index is 13.0. The molecule has 1 saturated heterocycles. The second-order valence-electron chi connectivity index (χ2n) is 8.46. The van der Waals surface area contributed by atoms with Crippen molar-refractivity contribution in [3.05, 3.63) is 72.0 Å². The first-order valence-corrected chi connectivity index (χ1v) is 11.3. The molecule has 7 nitrogen and oxygen atoms in total. The Balaban J connectivity index is 1.43. The van der Waals surface area contributed by atoms with Gasteiger partial charge in [-0.25, -0.2) is 0 Å². The molecule has 1 atom stereocenters. The van der Waals surface area contributed by atoms with Crippen LogP contribution in [0.2, 0.25) is 0 Å². The summed E-state index contributed by atoms with van der Waals surface area (Å²) in [5.41, 5.74) is 3.22. The van der Waals surface area contributed by atoms with Gasteiger partial charge in [0.2, 0.25) is 11.8 Å². The van der Waals surface area contributed by atoms with E-state index in [2.05, 4.69) is 34.7 Å². The molecule has 7 heteroatoms. The molecule has 1 aliphatic heterocycles. The van der Waals surface area contributed by atoms with Crippen LogP contribution in [0.4, 0.5) is 0 Å². The van der Waals surface area contributed by atoms with Gasteiger partial charge < -0.3 is 19.5 Å². The molecule has 3 aromatic rings. The molecule has 2 heterocycles. The van der Waals surface area contributed by atoms with Gasteiger partial charge in [0, 0.05) is 38.4 Å². The summed E-state index contributed by atoms with van der Waals surface area (Å²) >= 11 is 0. The van der Waals surface area contributed by atoms with Crippen molar-refractivity contribution >= 4 is 11.8 Å². The van der Waals surface area contributed by atoms with E-state index in [-0.39, 0.29) is 24.3 Å². The van der Waals surface area contributed by atoms with Gasteiger partial charge in [-0.3, -0.25) is 9.59 Å². The Hall–Kier alpha value is -3.61. The van der Waals surface area contributed by atoms with Crippen molar-refractivity contribution < 1.29 is 18.8 Å². The SMILES string of the molecule is CC(C)Oc1cc(CCC(=O)N2CCNC(=O)C2Cc2cccc(-c3ccccc3)c2)on1. The number of nitrogens with one attached hydrogen (secondary N) is 1. The highest BCUT2D eigenvalue weighted by atomic mass is 16.5. The fourth-order valence-corrected chi connectivity index (χ4v) is 4.03. The average Bonchev–Trinajstić information content (AvgIpc) is 3.26. The molecule has 172 valence electrons. The Morgan fingerprint density at radius 1 is 1.15 bits per heavy atom. The van der Waals surface area contributed by atoms with Crippen molar-refractivity contribution in [2.24, 2.45) is 0 Å². The van der Waals surface area contributed by atoms with Gasteiger partial charge in [0.1, 0.15) is 11.8 Å². The number of piperazine rings is 1. The molecule has 2 amide bonds. The Morgan fingerprint density at radius 3 is 2.73 bits per heavy atom. The number of carbonyl (C=O) groups excluding carboxylic acids is 2. The quantitative estimate of drug-likeness (QED) is 0.570. The highest BCUT2D eigenvalue weighted by Gasteiger charge is 2.33. The summed E-state index contributed by atoms with van der Waals surface area (Å²) in [5, 5.41) is 6.78. The number of hydrogen-bond donors (Lipinski definition) is 1. The van der Waals surface area contributed by atoms with Gasteiger partial charge in [0.05, 0.1) is 6.10 Å². The van der Waals surface area contributed by atoms with Crippen molar-refractivity contribution in [2.75, 3.05) is 13.1 Å². The largest absolute Gasteiger partial charge is 0.473 e. The van der Waals surface area contributed by atoms with Gasteiger partial charge in [-0.1, -0.05) is 54.6 Å². The van der Waals surface area contributed by atoms with Crippen molar-refractivity contribution in [3.8, 4) is 17.0 Å². The van der Waals surface area contributed by atoms with Crippen molar-refractivity contribution in [3.63, 3.8) is 0 Å². The van der Waals surface area contributed by atoms with Crippen molar-refractivity contribution in [1.82, 2.24) is 15.4 Å². The second-order valence-corrected chi connectivity index (χ2v) is 8.46.